The zero-order chi connectivity index (χ0) is 9.52. The Morgan fingerprint density at radius 3 is 3.00 bits per heavy atom. The van der Waals surface area contributed by atoms with E-state index in [1.165, 1.54) is 0 Å². The molecule has 1 heterocycles. The quantitative estimate of drug-likeness (QED) is 0.695. The van der Waals surface area contributed by atoms with Gasteiger partial charge in [0.25, 0.3) is 0 Å². The van der Waals surface area contributed by atoms with Crippen LogP contribution in [-0.2, 0) is 4.74 Å². The maximum absolute atomic E-state index is 4.95. The van der Waals surface area contributed by atoms with Gasteiger partial charge >= 0.3 is 0 Å². The first-order chi connectivity index (χ1) is 6.34. The minimum atomic E-state index is 0.288. The van der Waals surface area contributed by atoms with E-state index >= 15 is 0 Å². The fourth-order valence-corrected chi connectivity index (χ4v) is 1.11. The molecule has 0 spiro atoms. The highest BCUT2D eigenvalue weighted by Crippen LogP contribution is 2.06. The van der Waals surface area contributed by atoms with Gasteiger partial charge in [-0.1, -0.05) is 6.07 Å². The van der Waals surface area contributed by atoms with Gasteiger partial charge in [-0.25, -0.2) is 0 Å². The van der Waals surface area contributed by atoms with Crippen molar-refractivity contribution < 1.29 is 4.74 Å². The third kappa shape index (κ3) is 3.53. The summed E-state index contributed by atoms with van der Waals surface area (Å²) in [5.41, 5.74) is 1.07. The molecule has 72 valence electrons. The molecule has 0 radical (unpaired) electrons. The van der Waals surface area contributed by atoms with E-state index in [4.69, 9.17) is 4.74 Å². The topological polar surface area (TPSA) is 34.1 Å². The lowest BCUT2D eigenvalue weighted by Crippen LogP contribution is -2.23. The van der Waals surface area contributed by atoms with Crippen LogP contribution in [0.5, 0.6) is 0 Å². The molecule has 1 aromatic rings. The van der Waals surface area contributed by atoms with E-state index < -0.39 is 0 Å². The zero-order valence-electron chi connectivity index (χ0n) is 8.16. The first kappa shape index (κ1) is 10.2. The Hall–Kier alpha value is -0.930. The number of methoxy groups -OCH3 is 1. The van der Waals surface area contributed by atoms with Gasteiger partial charge in [-0.05, 0) is 19.1 Å². The molecule has 0 bridgehead atoms. The predicted octanol–water partition coefficient (Wildman–Crippen LogP) is 1.38. The SMILES string of the molecule is COCCN[C@@H](C)c1ccccn1. The van der Waals surface area contributed by atoms with E-state index in [0.29, 0.717) is 0 Å². The summed E-state index contributed by atoms with van der Waals surface area (Å²) in [4.78, 5) is 4.25. The first-order valence-corrected chi connectivity index (χ1v) is 4.48. The van der Waals surface area contributed by atoms with Crippen LogP contribution in [0, 0.1) is 0 Å². The monoisotopic (exact) mass is 180 g/mol. The second-order valence-corrected chi connectivity index (χ2v) is 2.92. The molecule has 1 aromatic heterocycles. The third-order valence-corrected chi connectivity index (χ3v) is 1.89. The predicted molar refractivity (Wildman–Crippen MR) is 52.5 cm³/mol. The van der Waals surface area contributed by atoms with E-state index in [-0.39, 0.29) is 6.04 Å². The summed E-state index contributed by atoms with van der Waals surface area (Å²) in [6, 6.07) is 6.23. The van der Waals surface area contributed by atoms with Crippen LogP contribution in [0.3, 0.4) is 0 Å². The molecule has 3 heteroatoms. The van der Waals surface area contributed by atoms with Crippen molar-refractivity contribution in [2.24, 2.45) is 0 Å². The molecular formula is C10H16N2O. The van der Waals surface area contributed by atoms with Crippen molar-refractivity contribution in [1.82, 2.24) is 10.3 Å². The highest BCUT2D eigenvalue weighted by molar-refractivity contribution is 5.07. The Bertz CT molecular complexity index is 226. The van der Waals surface area contributed by atoms with Crippen LogP contribution < -0.4 is 5.32 Å². The molecule has 0 aliphatic carbocycles. The highest BCUT2D eigenvalue weighted by atomic mass is 16.5. The summed E-state index contributed by atoms with van der Waals surface area (Å²) in [5, 5.41) is 3.31. The number of hydrogen-bond acceptors (Lipinski definition) is 3. The van der Waals surface area contributed by atoms with Crippen LogP contribution in [0.25, 0.3) is 0 Å². The van der Waals surface area contributed by atoms with Gasteiger partial charge in [0.05, 0.1) is 12.3 Å². The van der Waals surface area contributed by atoms with E-state index in [1.54, 1.807) is 7.11 Å². The summed E-state index contributed by atoms with van der Waals surface area (Å²) < 4.78 is 4.95. The summed E-state index contributed by atoms with van der Waals surface area (Å²) in [6.07, 6.45) is 1.81. The fourth-order valence-electron chi connectivity index (χ4n) is 1.11. The largest absolute Gasteiger partial charge is 0.383 e. The average molecular weight is 180 g/mol. The average Bonchev–Trinajstić information content (AvgIpc) is 2.19. The molecule has 0 amide bonds. The number of rotatable bonds is 5. The Balaban J connectivity index is 2.35. The summed E-state index contributed by atoms with van der Waals surface area (Å²) in [5.74, 6) is 0. The van der Waals surface area contributed by atoms with Gasteiger partial charge in [-0.15, -0.1) is 0 Å². The minimum absolute atomic E-state index is 0.288. The van der Waals surface area contributed by atoms with Crippen molar-refractivity contribution in [2.45, 2.75) is 13.0 Å². The van der Waals surface area contributed by atoms with Crippen molar-refractivity contribution >= 4 is 0 Å². The summed E-state index contributed by atoms with van der Waals surface area (Å²) in [7, 11) is 1.70. The second kappa shape index (κ2) is 5.67. The molecule has 0 unspecified atom stereocenters. The smallest absolute Gasteiger partial charge is 0.0587 e. The molecule has 0 fully saturated rings. The number of pyridine rings is 1. The van der Waals surface area contributed by atoms with Crippen molar-refractivity contribution in [3.63, 3.8) is 0 Å². The Labute approximate surface area is 79.1 Å². The van der Waals surface area contributed by atoms with Crippen LogP contribution >= 0.6 is 0 Å². The third-order valence-electron chi connectivity index (χ3n) is 1.89. The van der Waals surface area contributed by atoms with Gasteiger partial charge in [0.2, 0.25) is 0 Å². The van der Waals surface area contributed by atoms with Crippen molar-refractivity contribution in [2.75, 3.05) is 20.3 Å². The zero-order valence-corrected chi connectivity index (χ0v) is 8.16. The second-order valence-electron chi connectivity index (χ2n) is 2.92. The molecular weight excluding hydrogens is 164 g/mol. The van der Waals surface area contributed by atoms with Crippen LogP contribution in [0.4, 0.5) is 0 Å². The van der Waals surface area contributed by atoms with E-state index in [2.05, 4.69) is 17.2 Å². The summed E-state index contributed by atoms with van der Waals surface area (Å²) in [6.45, 7) is 3.68. The molecule has 13 heavy (non-hydrogen) atoms. The summed E-state index contributed by atoms with van der Waals surface area (Å²) >= 11 is 0. The normalized spacial score (nSPS) is 12.8. The van der Waals surface area contributed by atoms with E-state index in [1.807, 2.05) is 24.4 Å². The minimum Gasteiger partial charge on any atom is -0.383 e. The maximum Gasteiger partial charge on any atom is 0.0587 e. The molecule has 0 aromatic carbocycles. The Morgan fingerprint density at radius 2 is 2.38 bits per heavy atom. The first-order valence-electron chi connectivity index (χ1n) is 4.48. The molecule has 0 saturated carbocycles. The van der Waals surface area contributed by atoms with Gasteiger partial charge in [0, 0.05) is 25.9 Å². The number of hydrogen-bond donors (Lipinski definition) is 1. The molecule has 1 N–H and O–H groups in total. The highest BCUT2D eigenvalue weighted by Gasteiger charge is 2.03. The van der Waals surface area contributed by atoms with Crippen molar-refractivity contribution in [3.8, 4) is 0 Å². The Kier molecular flexibility index (Phi) is 4.43. The van der Waals surface area contributed by atoms with Crippen LogP contribution in [-0.4, -0.2) is 25.2 Å². The molecule has 1 atom stereocenters. The van der Waals surface area contributed by atoms with Gasteiger partial charge in [0.1, 0.15) is 0 Å². The Morgan fingerprint density at radius 1 is 1.54 bits per heavy atom. The molecule has 3 nitrogen and oxygen atoms in total. The molecule has 0 saturated heterocycles. The van der Waals surface area contributed by atoms with Crippen LogP contribution in [0.1, 0.15) is 18.7 Å². The molecule has 1 rings (SSSR count). The van der Waals surface area contributed by atoms with Crippen molar-refractivity contribution in [3.05, 3.63) is 30.1 Å². The van der Waals surface area contributed by atoms with Gasteiger partial charge in [-0.2, -0.15) is 0 Å². The fraction of sp³-hybridized carbons (Fsp3) is 0.500. The number of nitrogens with zero attached hydrogens (tertiary/aromatic N) is 1. The lowest BCUT2D eigenvalue weighted by Gasteiger charge is -2.12. The van der Waals surface area contributed by atoms with E-state index in [0.717, 1.165) is 18.8 Å². The lowest BCUT2D eigenvalue weighted by molar-refractivity contribution is 0.196. The number of aromatic nitrogens is 1. The van der Waals surface area contributed by atoms with Crippen molar-refractivity contribution in [1.29, 1.82) is 0 Å². The molecule has 0 aliphatic heterocycles. The lowest BCUT2D eigenvalue weighted by atomic mass is 10.2. The van der Waals surface area contributed by atoms with Gasteiger partial charge in [0.15, 0.2) is 0 Å². The van der Waals surface area contributed by atoms with Crippen LogP contribution in [0.15, 0.2) is 24.4 Å². The van der Waals surface area contributed by atoms with Gasteiger partial charge < -0.3 is 10.1 Å². The number of ether oxygens (including phenoxy) is 1. The number of nitrogens with one attached hydrogen (secondary N) is 1. The standard InChI is InChI=1S/C10H16N2O/c1-9(11-7-8-13-2)10-5-3-4-6-12-10/h3-6,9,11H,7-8H2,1-2H3/t9-/m0/s1. The maximum atomic E-state index is 4.95. The van der Waals surface area contributed by atoms with E-state index in [9.17, 15) is 0 Å². The molecule has 0 aliphatic rings. The van der Waals surface area contributed by atoms with Gasteiger partial charge in [-0.3, -0.25) is 4.98 Å². The van der Waals surface area contributed by atoms with Crippen LogP contribution in [0.2, 0.25) is 0 Å².